The van der Waals surface area contributed by atoms with E-state index in [0.717, 1.165) is 23.2 Å². The molecule has 1 fully saturated rings. The van der Waals surface area contributed by atoms with Gasteiger partial charge in [-0.15, -0.1) is 0 Å². The minimum atomic E-state index is -0.607. The maximum Gasteiger partial charge on any atom is 0.323 e. The first-order chi connectivity index (χ1) is 14.0. The van der Waals surface area contributed by atoms with Crippen LogP contribution in [0.3, 0.4) is 0 Å². The second kappa shape index (κ2) is 6.27. The SMILES string of the molecule is N#Cc1cnc2c(c1)CC[C@H]2NC(=O)CN1C(=O)Nc2ccc(F)cc2C12CC2. The molecule has 1 aromatic heterocycles. The van der Waals surface area contributed by atoms with Crippen molar-refractivity contribution in [1.29, 1.82) is 5.26 Å². The highest BCUT2D eigenvalue weighted by Crippen LogP contribution is 2.55. The third-order valence-corrected chi connectivity index (χ3v) is 6.01. The zero-order chi connectivity index (χ0) is 20.2. The van der Waals surface area contributed by atoms with Crippen molar-refractivity contribution in [2.75, 3.05) is 11.9 Å². The van der Waals surface area contributed by atoms with E-state index in [4.69, 9.17) is 5.26 Å². The summed E-state index contributed by atoms with van der Waals surface area (Å²) in [6, 6.07) is 7.62. The zero-order valence-electron chi connectivity index (χ0n) is 15.5. The zero-order valence-corrected chi connectivity index (χ0v) is 15.5. The van der Waals surface area contributed by atoms with Crippen molar-refractivity contribution in [2.24, 2.45) is 0 Å². The average Bonchev–Trinajstić information content (AvgIpc) is 3.41. The van der Waals surface area contributed by atoms with Gasteiger partial charge in [-0.1, -0.05) is 0 Å². The number of nitrogens with zero attached hydrogens (tertiary/aromatic N) is 3. The highest BCUT2D eigenvalue weighted by molar-refractivity contribution is 5.97. The van der Waals surface area contributed by atoms with Gasteiger partial charge in [0.15, 0.2) is 0 Å². The standard InChI is InChI=1S/C21H18FN5O2/c22-14-2-4-16-15(8-14)21(5-6-21)27(20(29)26-16)11-18(28)25-17-3-1-13-7-12(9-23)10-24-19(13)17/h2,4,7-8,10,17H,1,3,5-6,11H2,(H,25,28)(H,26,29)/t17-/m1/s1. The van der Waals surface area contributed by atoms with Crippen LogP contribution in [0.4, 0.5) is 14.9 Å². The first kappa shape index (κ1) is 17.6. The Morgan fingerprint density at radius 1 is 1.41 bits per heavy atom. The van der Waals surface area contributed by atoms with Crippen LogP contribution in [-0.4, -0.2) is 28.4 Å². The second-order valence-corrected chi connectivity index (χ2v) is 7.78. The van der Waals surface area contributed by atoms with Gasteiger partial charge in [-0.3, -0.25) is 9.78 Å². The van der Waals surface area contributed by atoms with Gasteiger partial charge in [0.1, 0.15) is 18.4 Å². The molecule has 1 atom stereocenters. The molecule has 2 N–H and O–H groups in total. The Hall–Kier alpha value is -3.47. The molecule has 0 bridgehead atoms. The summed E-state index contributed by atoms with van der Waals surface area (Å²) >= 11 is 0. The Bertz CT molecular complexity index is 1090. The van der Waals surface area contributed by atoms with Crippen LogP contribution in [0, 0.1) is 17.1 Å². The van der Waals surface area contributed by atoms with Crippen molar-refractivity contribution < 1.29 is 14.0 Å². The Labute approximate surface area is 166 Å². The predicted molar refractivity (Wildman–Crippen MR) is 101 cm³/mol. The number of aromatic nitrogens is 1. The van der Waals surface area contributed by atoms with Gasteiger partial charge in [-0.2, -0.15) is 5.26 Å². The number of fused-ring (bicyclic) bond motifs is 3. The van der Waals surface area contributed by atoms with Gasteiger partial charge in [-0.05, 0) is 55.5 Å². The number of hydrogen-bond acceptors (Lipinski definition) is 4. The number of amides is 3. The molecule has 2 heterocycles. The van der Waals surface area contributed by atoms with E-state index in [1.807, 2.05) is 0 Å². The van der Waals surface area contributed by atoms with Crippen molar-refractivity contribution in [3.8, 4) is 6.07 Å². The highest BCUT2D eigenvalue weighted by atomic mass is 19.1. The molecular weight excluding hydrogens is 373 g/mol. The van der Waals surface area contributed by atoms with Crippen molar-refractivity contribution >= 4 is 17.6 Å². The summed E-state index contributed by atoms with van der Waals surface area (Å²) in [5.74, 6) is -0.642. The lowest BCUT2D eigenvalue weighted by Crippen LogP contribution is -2.51. The Morgan fingerprint density at radius 3 is 3.00 bits per heavy atom. The molecule has 3 aliphatic rings. The average molecular weight is 391 g/mol. The number of halogens is 1. The lowest BCUT2D eigenvalue weighted by Gasteiger charge is -2.37. The molecule has 1 saturated carbocycles. The number of aryl methyl sites for hydroxylation is 1. The summed E-state index contributed by atoms with van der Waals surface area (Å²) in [6.07, 6.45) is 4.35. The first-order valence-corrected chi connectivity index (χ1v) is 9.57. The minimum Gasteiger partial charge on any atom is -0.346 e. The minimum absolute atomic E-state index is 0.107. The Kier molecular flexibility index (Phi) is 3.81. The summed E-state index contributed by atoms with van der Waals surface area (Å²) < 4.78 is 13.8. The van der Waals surface area contributed by atoms with Crippen molar-refractivity contribution in [3.05, 3.63) is 58.7 Å². The normalized spacial score (nSPS) is 20.5. The van der Waals surface area contributed by atoms with E-state index < -0.39 is 5.54 Å². The summed E-state index contributed by atoms with van der Waals surface area (Å²) in [7, 11) is 0. The number of urea groups is 1. The molecule has 5 rings (SSSR count). The molecule has 2 aromatic rings. The molecule has 1 aromatic carbocycles. The van der Waals surface area contributed by atoms with E-state index in [9.17, 15) is 14.0 Å². The maximum absolute atomic E-state index is 13.8. The van der Waals surface area contributed by atoms with Crippen LogP contribution in [0.1, 0.15) is 47.7 Å². The molecule has 7 nitrogen and oxygen atoms in total. The number of carbonyl (C=O) groups excluding carboxylic acids is 2. The van der Waals surface area contributed by atoms with Gasteiger partial charge in [0.25, 0.3) is 0 Å². The van der Waals surface area contributed by atoms with E-state index >= 15 is 0 Å². The molecule has 3 amide bonds. The van der Waals surface area contributed by atoms with E-state index in [1.54, 1.807) is 12.1 Å². The second-order valence-electron chi connectivity index (χ2n) is 7.78. The number of hydrogen-bond donors (Lipinski definition) is 2. The van der Waals surface area contributed by atoms with Crippen LogP contribution in [0.5, 0.6) is 0 Å². The topological polar surface area (TPSA) is 98.1 Å². The van der Waals surface area contributed by atoms with Crippen molar-refractivity contribution in [3.63, 3.8) is 0 Å². The third-order valence-electron chi connectivity index (χ3n) is 6.01. The lowest BCUT2D eigenvalue weighted by molar-refractivity contribution is -0.123. The summed E-state index contributed by atoms with van der Waals surface area (Å²) in [5.41, 5.74) is 2.96. The summed E-state index contributed by atoms with van der Waals surface area (Å²) in [5, 5.41) is 14.7. The number of nitrogens with one attached hydrogen (secondary N) is 2. The summed E-state index contributed by atoms with van der Waals surface area (Å²) in [4.78, 5) is 31.2. The summed E-state index contributed by atoms with van der Waals surface area (Å²) in [6.45, 7) is -0.107. The van der Waals surface area contributed by atoms with Gasteiger partial charge in [0, 0.05) is 17.4 Å². The molecule has 0 radical (unpaired) electrons. The lowest BCUT2D eigenvalue weighted by atomic mass is 9.98. The number of pyridine rings is 1. The van der Waals surface area contributed by atoms with E-state index in [2.05, 4.69) is 21.7 Å². The number of carbonyl (C=O) groups is 2. The predicted octanol–water partition coefficient (Wildman–Crippen LogP) is 2.73. The number of anilines is 1. The molecule has 0 saturated heterocycles. The number of benzene rings is 1. The Morgan fingerprint density at radius 2 is 2.24 bits per heavy atom. The van der Waals surface area contributed by atoms with Crippen LogP contribution in [-0.2, 0) is 16.8 Å². The smallest absolute Gasteiger partial charge is 0.323 e. The van der Waals surface area contributed by atoms with E-state index in [0.29, 0.717) is 30.5 Å². The molecule has 8 heteroatoms. The molecule has 146 valence electrons. The van der Waals surface area contributed by atoms with Gasteiger partial charge < -0.3 is 15.5 Å². The molecule has 1 spiro atoms. The fourth-order valence-electron chi connectivity index (χ4n) is 4.47. The maximum atomic E-state index is 13.8. The molecular formula is C21H18FN5O2. The highest BCUT2D eigenvalue weighted by Gasteiger charge is 2.55. The largest absolute Gasteiger partial charge is 0.346 e. The number of rotatable bonds is 3. The van der Waals surface area contributed by atoms with Crippen LogP contribution in [0.2, 0.25) is 0 Å². The molecule has 29 heavy (non-hydrogen) atoms. The first-order valence-electron chi connectivity index (χ1n) is 9.57. The molecule has 1 aliphatic heterocycles. The fraction of sp³-hybridized carbons (Fsp3) is 0.333. The molecule has 2 aliphatic carbocycles. The van der Waals surface area contributed by atoms with Gasteiger partial charge >= 0.3 is 6.03 Å². The van der Waals surface area contributed by atoms with Crippen LogP contribution < -0.4 is 10.6 Å². The quantitative estimate of drug-likeness (QED) is 0.841. The van der Waals surface area contributed by atoms with Crippen molar-refractivity contribution in [1.82, 2.24) is 15.2 Å². The van der Waals surface area contributed by atoms with Gasteiger partial charge in [-0.25, -0.2) is 9.18 Å². The van der Waals surface area contributed by atoms with Crippen molar-refractivity contribution in [2.45, 2.75) is 37.3 Å². The fourth-order valence-corrected chi connectivity index (χ4v) is 4.47. The van der Waals surface area contributed by atoms with E-state index in [-0.39, 0.29) is 30.3 Å². The van der Waals surface area contributed by atoms with E-state index in [1.165, 1.54) is 23.2 Å². The van der Waals surface area contributed by atoms with Gasteiger partial charge in [0.2, 0.25) is 5.91 Å². The van der Waals surface area contributed by atoms with Crippen LogP contribution >= 0.6 is 0 Å². The monoisotopic (exact) mass is 391 g/mol. The van der Waals surface area contributed by atoms with Crippen LogP contribution in [0.25, 0.3) is 0 Å². The molecule has 0 unspecified atom stereocenters. The Balaban J connectivity index is 1.34. The number of nitriles is 1. The third kappa shape index (κ3) is 2.81. The van der Waals surface area contributed by atoms with Crippen LogP contribution in [0.15, 0.2) is 30.5 Å². The van der Waals surface area contributed by atoms with Gasteiger partial charge in [0.05, 0.1) is 22.8 Å².